The molecule has 2 spiro atoms. The summed E-state index contributed by atoms with van der Waals surface area (Å²) in [5.74, 6) is -1.74. The number of hydrogen-bond acceptors (Lipinski definition) is 6. The van der Waals surface area contributed by atoms with Gasteiger partial charge in [0.05, 0.1) is 18.2 Å². The van der Waals surface area contributed by atoms with Gasteiger partial charge in [-0.05, 0) is 59.1 Å². The largest absolute Gasteiger partial charge is 0.422 e. The molecule has 4 atom stereocenters. The molecule has 0 amide bonds. The van der Waals surface area contributed by atoms with Crippen LogP contribution in [-0.2, 0) is 14.4 Å². The summed E-state index contributed by atoms with van der Waals surface area (Å²) in [7, 11) is 0. The van der Waals surface area contributed by atoms with Crippen molar-refractivity contribution in [3.63, 3.8) is 0 Å². The lowest BCUT2D eigenvalue weighted by Gasteiger charge is -2.52. The first kappa shape index (κ1) is 31.4. The Bertz CT molecular complexity index is 2070. The lowest BCUT2D eigenvalue weighted by Crippen LogP contribution is -2.70. The molecule has 3 aliphatic heterocycles. The predicted molar refractivity (Wildman–Crippen MR) is 195 cm³/mol. The Labute approximate surface area is 295 Å². The second-order valence-corrected chi connectivity index (χ2v) is 13.3. The molecule has 0 radical (unpaired) electrons. The fourth-order valence-corrected chi connectivity index (χ4v) is 7.65. The van der Waals surface area contributed by atoms with Gasteiger partial charge in [0.25, 0.3) is 5.90 Å². The Morgan fingerprint density at radius 3 is 2.02 bits per heavy atom. The molecule has 8 rings (SSSR count). The molecule has 3 aliphatic rings. The third-order valence-corrected chi connectivity index (χ3v) is 10.4. The fraction of sp³-hybridized carbons (Fsp3) is 0.171. The molecule has 5 aromatic rings. The van der Waals surface area contributed by atoms with Crippen molar-refractivity contribution in [2.75, 3.05) is 13.1 Å². The van der Waals surface area contributed by atoms with E-state index in [1.54, 1.807) is 0 Å². The molecule has 0 N–H and O–H groups in total. The molecule has 6 nitrogen and oxygen atoms in total. The van der Waals surface area contributed by atoms with Crippen LogP contribution < -0.4 is 0 Å². The first-order chi connectivity index (χ1) is 24.0. The van der Waals surface area contributed by atoms with Crippen LogP contribution in [0, 0.1) is 0 Å². The maximum absolute atomic E-state index is 7.10. The average Bonchev–Trinajstić information content (AvgIpc) is 3.76. The number of benzene rings is 5. The van der Waals surface area contributed by atoms with E-state index in [0.717, 1.165) is 39.1 Å². The summed E-state index contributed by atoms with van der Waals surface area (Å²) in [6.07, 6.45) is 2.05. The van der Waals surface area contributed by atoms with Gasteiger partial charge in [0.15, 0.2) is 0 Å². The van der Waals surface area contributed by atoms with E-state index < -0.39 is 17.3 Å². The van der Waals surface area contributed by atoms with Gasteiger partial charge < -0.3 is 14.4 Å². The van der Waals surface area contributed by atoms with Gasteiger partial charge in [0, 0.05) is 39.3 Å². The molecule has 0 unspecified atom stereocenters. The second-order valence-electron chi connectivity index (χ2n) is 12.5. The molecule has 0 aliphatic carbocycles. The number of fused-ring (bicyclic) bond motifs is 1. The van der Waals surface area contributed by atoms with Crippen molar-refractivity contribution in [1.82, 2.24) is 4.90 Å². The van der Waals surface area contributed by atoms with Crippen LogP contribution in [0.5, 0.6) is 0 Å². The molecule has 0 bridgehead atoms. The third-order valence-electron chi connectivity index (χ3n) is 9.71. The van der Waals surface area contributed by atoms with Crippen molar-refractivity contribution in [2.45, 2.75) is 30.3 Å². The first-order valence-electron chi connectivity index (χ1n) is 16.3. The number of oxime groups is 2. The summed E-state index contributed by atoms with van der Waals surface area (Å²) in [4.78, 5) is 16.0. The van der Waals surface area contributed by atoms with Gasteiger partial charge in [-0.3, -0.25) is 4.90 Å². The van der Waals surface area contributed by atoms with E-state index in [1.807, 2.05) is 121 Å². The fourth-order valence-electron chi connectivity index (χ4n) is 7.22. The monoisotopic (exact) mass is 685 g/mol. The predicted octanol–water partition coefficient (Wildman–Crippen LogP) is 9.52. The number of ether oxygens (including phenoxy) is 1. The summed E-state index contributed by atoms with van der Waals surface area (Å²) in [5, 5.41) is 10.7. The molecule has 1 saturated heterocycles. The Kier molecular flexibility index (Phi) is 8.24. The van der Waals surface area contributed by atoms with Gasteiger partial charge in [-0.2, -0.15) is 0 Å². The Morgan fingerprint density at radius 2 is 1.33 bits per heavy atom. The van der Waals surface area contributed by atoms with Crippen LogP contribution in [0.2, 0.25) is 10.0 Å². The van der Waals surface area contributed by atoms with E-state index in [9.17, 15) is 0 Å². The molecule has 5 aromatic carbocycles. The minimum Gasteiger partial charge on any atom is -0.422 e. The standard InChI is InChI=1S/C41H33Cl2N3O3/c1-28(29-15-5-2-6-16-29)46-26-33(25-32-21-11-13-23-35(32)42)41(47-39(45-49-41)31-19-9-4-10-20-31)40(27-46)37(34-22-12-14-24-36(34)43)38(44-48-40)30-17-7-3-8-18-30/h2-25,28,37H,26-27H2,1H3/b33-25+/t28-,37-,40-,41+/m1/s1. The van der Waals surface area contributed by atoms with Gasteiger partial charge in [0.2, 0.25) is 5.60 Å². The van der Waals surface area contributed by atoms with Crippen LogP contribution in [-0.4, -0.2) is 41.0 Å². The van der Waals surface area contributed by atoms with Crippen molar-refractivity contribution >= 4 is 40.9 Å². The molecule has 0 saturated carbocycles. The van der Waals surface area contributed by atoms with Gasteiger partial charge >= 0.3 is 5.79 Å². The molecule has 8 heteroatoms. The smallest absolute Gasteiger partial charge is 0.346 e. The van der Waals surface area contributed by atoms with Crippen molar-refractivity contribution in [1.29, 1.82) is 0 Å². The maximum atomic E-state index is 7.10. The van der Waals surface area contributed by atoms with Crippen molar-refractivity contribution < 1.29 is 14.4 Å². The van der Waals surface area contributed by atoms with Gasteiger partial charge in [-0.15, -0.1) is 0 Å². The molecule has 49 heavy (non-hydrogen) atoms. The number of rotatable bonds is 6. The Morgan fingerprint density at radius 1 is 0.714 bits per heavy atom. The number of halogens is 2. The van der Waals surface area contributed by atoms with Gasteiger partial charge in [-0.1, -0.05) is 144 Å². The summed E-state index contributed by atoms with van der Waals surface area (Å²) in [6, 6.07) is 45.8. The topological polar surface area (TPSA) is 55.7 Å². The highest BCUT2D eigenvalue weighted by Gasteiger charge is 2.74. The summed E-state index contributed by atoms with van der Waals surface area (Å²) >= 11 is 13.9. The molecule has 3 heterocycles. The SMILES string of the molecule is C[C@H](c1ccccc1)N1C/C(=C\c2ccccc2Cl)[C@]2(ON=C(c3ccccc3)O2)[C@]2(C1)ON=C(c1ccccc1)[C@H]2c1ccccc1Cl. The van der Waals surface area contributed by atoms with E-state index in [-0.39, 0.29) is 6.04 Å². The van der Waals surface area contributed by atoms with Gasteiger partial charge in [0.1, 0.15) is 0 Å². The van der Waals surface area contributed by atoms with E-state index in [4.69, 9.17) is 42.8 Å². The molecule has 0 aromatic heterocycles. The second kappa shape index (κ2) is 12.9. The number of hydrogen-bond donors (Lipinski definition) is 0. The zero-order valence-electron chi connectivity index (χ0n) is 26.7. The highest BCUT2D eigenvalue weighted by Crippen LogP contribution is 2.57. The number of likely N-dealkylation sites (tertiary alicyclic amines) is 1. The summed E-state index contributed by atoms with van der Waals surface area (Å²) in [6.45, 7) is 3.05. The van der Waals surface area contributed by atoms with Crippen LogP contribution >= 0.6 is 23.2 Å². The third kappa shape index (κ3) is 5.41. The highest BCUT2D eigenvalue weighted by atomic mass is 35.5. The minimum atomic E-state index is -1.56. The van der Waals surface area contributed by atoms with E-state index in [2.05, 4.69) is 41.2 Å². The van der Waals surface area contributed by atoms with E-state index in [1.165, 1.54) is 0 Å². The van der Waals surface area contributed by atoms with Crippen LogP contribution in [0.4, 0.5) is 0 Å². The quantitative estimate of drug-likeness (QED) is 0.179. The normalized spacial score (nSPS) is 24.6. The highest BCUT2D eigenvalue weighted by molar-refractivity contribution is 6.32. The van der Waals surface area contributed by atoms with E-state index >= 15 is 0 Å². The van der Waals surface area contributed by atoms with Crippen LogP contribution in [0.1, 0.15) is 46.7 Å². The van der Waals surface area contributed by atoms with Crippen molar-refractivity contribution in [3.8, 4) is 0 Å². The zero-order valence-corrected chi connectivity index (χ0v) is 28.3. The zero-order chi connectivity index (χ0) is 33.4. The molecular formula is C41H33Cl2N3O3. The number of piperidine rings is 1. The molecular weight excluding hydrogens is 653 g/mol. The molecule has 1 fully saturated rings. The summed E-state index contributed by atoms with van der Waals surface area (Å²) in [5.41, 5.74) is 4.71. The van der Waals surface area contributed by atoms with Gasteiger partial charge in [-0.25, -0.2) is 0 Å². The van der Waals surface area contributed by atoms with Crippen molar-refractivity contribution in [2.24, 2.45) is 10.3 Å². The molecule has 244 valence electrons. The van der Waals surface area contributed by atoms with Crippen molar-refractivity contribution in [3.05, 3.63) is 183 Å². The Balaban J connectivity index is 1.38. The first-order valence-corrected chi connectivity index (χ1v) is 17.1. The minimum absolute atomic E-state index is 0.0164. The lowest BCUT2D eigenvalue weighted by atomic mass is 9.68. The van der Waals surface area contributed by atoms with Crippen LogP contribution in [0.25, 0.3) is 6.08 Å². The summed E-state index contributed by atoms with van der Waals surface area (Å²) < 4.78 is 7.10. The van der Waals surface area contributed by atoms with Crippen LogP contribution in [0.15, 0.2) is 155 Å². The maximum Gasteiger partial charge on any atom is 0.346 e. The number of nitrogens with zero attached hydrogens (tertiary/aromatic N) is 3. The average molecular weight is 687 g/mol. The Hall–Kier alpha value is -4.88. The van der Waals surface area contributed by atoms with Crippen LogP contribution in [0.3, 0.4) is 0 Å². The lowest BCUT2D eigenvalue weighted by molar-refractivity contribution is -0.279. The van der Waals surface area contributed by atoms with E-state index in [0.29, 0.717) is 29.0 Å².